The Bertz CT molecular complexity index is 570. The molecule has 5 atom stereocenters. The van der Waals surface area contributed by atoms with E-state index in [9.17, 15) is 10.2 Å². The van der Waals surface area contributed by atoms with E-state index < -0.39 is 0 Å². The highest BCUT2D eigenvalue weighted by Crippen LogP contribution is 2.63. The summed E-state index contributed by atoms with van der Waals surface area (Å²) in [6.45, 7) is 4.60. The normalized spacial score (nSPS) is 48.5. The van der Waals surface area contributed by atoms with E-state index in [-0.39, 0.29) is 16.9 Å². The van der Waals surface area contributed by atoms with Gasteiger partial charge in [0.2, 0.25) is 0 Å². The number of hydrogen-bond acceptors (Lipinski definition) is 2. The van der Waals surface area contributed by atoms with Crippen LogP contribution in [-0.2, 0) is 0 Å². The largest absolute Gasteiger partial charge is 0.509 e. The van der Waals surface area contributed by atoms with Crippen LogP contribution in [0.2, 0.25) is 0 Å². The van der Waals surface area contributed by atoms with E-state index in [1.165, 1.54) is 24.8 Å². The smallest absolute Gasteiger partial charge is 0.140 e. The molecule has 0 spiro atoms. The van der Waals surface area contributed by atoms with Crippen molar-refractivity contribution in [3.05, 3.63) is 35.3 Å². The van der Waals surface area contributed by atoms with Gasteiger partial charge in [-0.25, -0.2) is 0 Å². The Labute approximate surface area is 127 Å². The molecule has 21 heavy (non-hydrogen) atoms. The van der Waals surface area contributed by atoms with Gasteiger partial charge in [-0.1, -0.05) is 30.7 Å². The quantitative estimate of drug-likeness (QED) is 0.611. The van der Waals surface area contributed by atoms with Gasteiger partial charge in [0.1, 0.15) is 11.5 Å². The van der Waals surface area contributed by atoms with Gasteiger partial charge >= 0.3 is 0 Å². The Balaban J connectivity index is 1.79. The third-order valence-corrected chi connectivity index (χ3v) is 7.18. The van der Waals surface area contributed by atoms with Crippen LogP contribution in [0.5, 0.6) is 0 Å². The molecule has 4 rings (SSSR count). The van der Waals surface area contributed by atoms with Crippen molar-refractivity contribution in [2.24, 2.45) is 28.6 Å². The first-order valence-corrected chi connectivity index (χ1v) is 8.44. The summed E-state index contributed by atoms with van der Waals surface area (Å²) in [6, 6.07) is 0. The van der Waals surface area contributed by atoms with Crippen LogP contribution in [0.4, 0.5) is 0 Å². The van der Waals surface area contributed by atoms with Crippen molar-refractivity contribution in [1.29, 1.82) is 0 Å². The summed E-state index contributed by atoms with van der Waals surface area (Å²) in [4.78, 5) is 0. The van der Waals surface area contributed by atoms with Crippen LogP contribution < -0.4 is 0 Å². The van der Waals surface area contributed by atoms with E-state index in [1.54, 1.807) is 0 Å². The van der Waals surface area contributed by atoms with Gasteiger partial charge in [-0.2, -0.15) is 0 Å². The molecule has 1 fully saturated rings. The lowest BCUT2D eigenvalue weighted by Gasteiger charge is -2.55. The molecule has 114 valence electrons. The third kappa shape index (κ3) is 1.59. The second-order valence-electron chi connectivity index (χ2n) is 8.08. The fourth-order valence-corrected chi connectivity index (χ4v) is 5.85. The summed E-state index contributed by atoms with van der Waals surface area (Å²) < 4.78 is 0. The molecule has 0 aromatic rings. The van der Waals surface area contributed by atoms with Crippen molar-refractivity contribution in [2.45, 2.75) is 52.4 Å². The number of aliphatic hydroxyl groups excluding tert-OH is 2. The minimum atomic E-state index is -0.316. The predicted octanol–water partition coefficient (Wildman–Crippen LogP) is 5.05. The van der Waals surface area contributed by atoms with E-state index in [1.807, 2.05) is 0 Å². The molecule has 2 nitrogen and oxygen atoms in total. The molecule has 0 heterocycles. The highest BCUT2D eigenvalue weighted by Gasteiger charge is 2.56. The first-order chi connectivity index (χ1) is 9.97. The van der Waals surface area contributed by atoms with E-state index in [0.29, 0.717) is 29.6 Å². The molecule has 0 radical (unpaired) electrons. The van der Waals surface area contributed by atoms with Gasteiger partial charge in [-0.05, 0) is 62.2 Å². The molecule has 4 aliphatic rings. The Hall–Kier alpha value is -1.18. The van der Waals surface area contributed by atoms with Crippen LogP contribution in [0, 0.1) is 28.6 Å². The van der Waals surface area contributed by atoms with Gasteiger partial charge in [0.15, 0.2) is 0 Å². The summed E-state index contributed by atoms with van der Waals surface area (Å²) in [5.41, 5.74) is 1.48. The molecule has 0 amide bonds. The molecule has 2 heteroatoms. The number of aliphatic hydroxyl groups is 2. The van der Waals surface area contributed by atoms with Crippen molar-refractivity contribution in [1.82, 2.24) is 0 Å². The number of hydrogen-bond donors (Lipinski definition) is 2. The van der Waals surface area contributed by atoms with Crippen molar-refractivity contribution in [3.8, 4) is 0 Å². The zero-order chi connectivity index (χ0) is 14.8. The minimum absolute atomic E-state index is 0.227. The maximum atomic E-state index is 10.6. The lowest BCUT2D eigenvalue weighted by Crippen LogP contribution is -2.49. The van der Waals surface area contributed by atoms with Crippen LogP contribution >= 0.6 is 0 Å². The van der Waals surface area contributed by atoms with Gasteiger partial charge < -0.3 is 10.2 Å². The summed E-state index contributed by atoms with van der Waals surface area (Å²) >= 11 is 0. The zero-order valence-corrected chi connectivity index (χ0v) is 13.1. The van der Waals surface area contributed by atoms with Crippen molar-refractivity contribution in [2.75, 3.05) is 0 Å². The van der Waals surface area contributed by atoms with Crippen LogP contribution in [0.15, 0.2) is 35.3 Å². The van der Waals surface area contributed by atoms with Crippen molar-refractivity contribution in [3.63, 3.8) is 0 Å². The van der Waals surface area contributed by atoms with E-state index >= 15 is 0 Å². The van der Waals surface area contributed by atoms with Gasteiger partial charge in [-0.3, -0.25) is 0 Å². The molecule has 2 N–H and O–H groups in total. The second-order valence-corrected chi connectivity index (χ2v) is 8.08. The molecule has 0 bridgehead atoms. The summed E-state index contributed by atoms with van der Waals surface area (Å²) in [6.07, 6.45) is 13.5. The Kier molecular flexibility index (Phi) is 2.68. The number of fused-ring (bicyclic) bond motifs is 5. The van der Waals surface area contributed by atoms with Crippen LogP contribution in [0.3, 0.4) is 0 Å². The lowest BCUT2D eigenvalue weighted by molar-refractivity contribution is -0.0107. The molecule has 0 aliphatic heterocycles. The standard InChI is InChI=1S/C19H26O2/c1-18-10-3-4-14(18)13-7-5-12-6-8-16(20)17(21)19(12,2)15(13)9-11-18/h3-5,13-15,20-21H,6-11H2,1-2H3/t13-,14-,15-,18-,19-/m0/s1. The van der Waals surface area contributed by atoms with Crippen LogP contribution in [0.25, 0.3) is 0 Å². The molecular formula is C19H26O2. The molecule has 0 unspecified atom stereocenters. The number of allylic oxidation sites excluding steroid dienone is 5. The van der Waals surface area contributed by atoms with Gasteiger partial charge in [-0.15, -0.1) is 0 Å². The minimum Gasteiger partial charge on any atom is -0.509 e. The Morgan fingerprint density at radius 2 is 2.00 bits per heavy atom. The predicted molar refractivity (Wildman–Crippen MR) is 83.9 cm³/mol. The van der Waals surface area contributed by atoms with Crippen LogP contribution in [0.1, 0.15) is 52.4 Å². The Morgan fingerprint density at radius 3 is 2.81 bits per heavy atom. The summed E-state index contributed by atoms with van der Waals surface area (Å²) in [5.74, 6) is 2.22. The van der Waals surface area contributed by atoms with Crippen molar-refractivity contribution >= 4 is 0 Å². The zero-order valence-electron chi connectivity index (χ0n) is 13.1. The second kappa shape index (κ2) is 4.18. The number of rotatable bonds is 0. The van der Waals surface area contributed by atoms with Gasteiger partial charge in [0, 0.05) is 6.42 Å². The lowest BCUT2D eigenvalue weighted by atomic mass is 9.49. The molecule has 0 saturated heterocycles. The third-order valence-electron chi connectivity index (χ3n) is 7.18. The molecule has 0 aromatic carbocycles. The molecule has 1 saturated carbocycles. The molecule has 4 aliphatic carbocycles. The average molecular weight is 286 g/mol. The summed E-state index contributed by atoms with van der Waals surface area (Å²) in [7, 11) is 0. The highest BCUT2D eigenvalue weighted by atomic mass is 16.3. The average Bonchev–Trinajstić information content (AvgIpc) is 2.86. The summed E-state index contributed by atoms with van der Waals surface area (Å²) in [5, 5.41) is 20.7. The maximum absolute atomic E-state index is 10.6. The first kappa shape index (κ1) is 13.5. The van der Waals surface area contributed by atoms with E-state index in [0.717, 1.165) is 12.8 Å². The topological polar surface area (TPSA) is 40.5 Å². The van der Waals surface area contributed by atoms with Gasteiger partial charge in [0.25, 0.3) is 0 Å². The SMILES string of the molecule is C[C@@]12CC=C[C@H]1[C@@H]1CC=C3CCC(O)=C(O)[C@]3(C)[C@H]1CC2. The van der Waals surface area contributed by atoms with E-state index in [2.05, 4.69) is 32.1 Å². The highest BCUT2D eigenvalue weighted by molar-refractivity contribution is 5.36. The fourth-order valence-electron chi connectivity index (χ4n) is 5.85. The molecule has 0 aromatic heterocycles. The van der Waals surface area contributed by atoms with E-state index in [4.69, 9.17) is 0 Å². The molecular weight excluding hydrogens is 260 g/mol. The van der Waals surface area contributed by atoms with Crippen LogP contribution in [-0.4, -0.2) is 10.2 Å². The van der Waals surface area contributed by atoms with Gasteiger partial charge in [0.05, 0.1) is 5.41 Å². The monoisotopic (exact) mass is 286 g/mol. The Morgan fingerprint density at radius 1 is 1.19 bits per heavy atom. The fraction of sp³-hybridized carbons (Fsp3) is 0.684. The first-order valence-electron chi connectivity index (χ1n) is 8.44. The maximum Gasteiger partial charge on any atom is 0.140 e. The van der Waals surface area contributed by atoms with Crippen molar-refractivity contribution < 1.29 is 10.2 Å².